The van der Waals surface area contributed by atoms with Crippen LogP contribution in [0.25, 0.3) is 0 Å². The molecule has 2 N–H and O–H groups in total. The average molecular weight is 586 g/mol. The summed E-state index contributed by atoms with van der Waals surface area (Å²) in [5.74, 6) is -0.995. The molecule has 0 spiro atoms. The molecule has 0 saturated heterocycles. The molecular weight excluding hydrogens is 542 g/mol. The number of methoxy groups -OCH3 is 1. The fraction of sp³-hybridized carbons (Fsp3) is 0.500. The van der Waals surface area contributed by atoms with Gasteiger partial charge in [-0.3, -0.25) is 14.4 Å². The molecule has 10 heteroatoms. The summed E-state index contributed by atoms with van der Waals surface area (Å²) in [6.07, 6.45) is 0.0631. The van der Waals surface area contributed by atoms with E-state index < -0.39 is 35.7 Å². The lowest BCUT2D eigenvalue weighted by Crippen LogP contribution is -2.53. The maximum Gasteiger partial charge on any atom is 0.514 e. The van der Waals surface area contributed by atoms with Crippen LogP contribution in [0.4, 0.5) is 4.79 Å². The summed E-state index contributed by atoms with van der Waals surface area (Å²) in [6, 6.07) is 13.0. The third kappa shape index (κ3) is 11.2. The van der Waals surface area contributed by atoms with E-state index in [0.717, 1.165) is 12.8 Å². The molecular formula is C32H43NO9. The first-order valence-electron chi connectivity index (χ1n) is 14.2. The topological polar surface area (TPSA) is 140 Å². The lowest BCUT2D eigenvalue weighted by atomic mass is 9.86. The fourth-order valence-electron chi connectivity index (χ4n) is 4.14. The fourth-order valence-corrected chi connectivity index (χ4v) is 4.14. The lowest BCUT2D eigenvalue weighted by molar-refractivity contribution is -0.148. The SMILES string of the molecule is CCC(C)CC(=O)Oc1ccc(C[C@](N)(CC(C)OC(=O)Oc2ccccc2)C(=O)OC)cc1OC(=O)CC(C)CC. The van der Waals surface area contributed by atoms with E-state index in [9.17, 15) is 19.2 Å². The Hall–Kier alpha value is -3.92. The van der Waals surface area contributed by atoms with E-state index in [1.165, 1.54) is 19.2 Å². The molecule has 0 saturated carbocycles. The molecule has 0 heterocycles. The predicted molar refractivity (Wildman–Crippen MR) is 156 cm³/mol. The highest BCUT2D eigenvalue weighted by Gasteiger charge is 2.38. The Kier molecular flexibility index (Phi) is 13.5. The molecule has 0 aliphatic carbocycles. The minimum absolute atomic E-state index is 0.0428. The number of esters is 3. The van der Waals surface area contributed by atoms with E-state index in [1.54, 1.807) is 43.3 Å². The van der Waals surface area contributed by atoms with Crippen molar-refractivity contribution < 1.29 is 42.9 Å². The molecule has 0 aliphatic rings. The second-order valence-corrected chi connectivity index (χ2v) is 10.8. The van der Waals surface area contributed by atoms with E-state index in [0.29, 0.717) is 11.3 Å². The first-order valence-corrected chi connectivity index (χ1v) is 14.2. The van der Waals surface area contributed by atoms with Gasteiger partial charge in [0.25, 0.3) is 0 Å². The Morgan fingerprint density at radius 3 is 1.93 bits per heavy atom. The van der Waals surface area contributed by atoms with Crippen LogP contribution in [0.15, 0.2) is 48.5 Å². The molecule has 0 aliphatic heterocycles. The highest BCUT2D eigenvalue weighted by atomic mass is 16.7. The van der Waals surface area contributed by atoms with Crippen molar-refractivity contribution in [2.24, 2.45) is 17.6 Å². The number of para-hydroxylation sites is 1. The van der Waals surface area contributed by atoms with Gasteiger partial charge >= 0.3 is 24.1 Å². The largest absolute Gasteiger partial charge is 0.514 e. The van der Waals surface area contributed by atoms with Crippen molar-refractivity contribution in [1.82, 2.24) is 0 Å². The molecule has 0 radical (unpaired) electrons. The molecule has 0 bridgehead atoms. The Morgan fingerprint density at radius 1 is 0.810 bits per heavy atom. The van der Waals surface area contributed by atoms with Crippen molar-refractivity contribution in [1.29, 1.82) is 0 Å². The summed E-state index contributed by atoms with van der Waals surface area (Å²) in [7, 11) is 1.21. The molecule has 2 rings (SSSR count). The summed E-state index contributed by atoms with van der Waals surface area (Å²) in [4.78, 5) is 50.3. The second-order valence-electron chi connectivity index (χ2n) is 10.8. The van der Waals surface area contributed by atoms with Gasteiger partial charge in [-0.05, 0) is 48.6 Å². The minimum Gasteiger partial charge on any atom is -0.468 e. The van der Waals surface area contributed by atoms with Crippen LogP contribution in [0.1, 0.15) is 72.3 Å². The summed E-state index contributed by atoms with van der Waals surface area (Å²) in [5.41, 5.74) is 5.43. The number of ether oxygens (including phenoxy) is 5. The van der Waals surface area contributed by atoms with Gasteiger partial charge in [0, 0.05) is 25.7 Å². The number of hydrogen-bond acceptors (Lipinski definition) is 10. The quantitative estimate of drug-likeness (QED) is 0.155. The van der Waals surface area contributed by atoms with Gasteiger partial charge in [-0.25, -0.2) is 4.79 Å². The third-order valence-electron chi connectivity index (χ3n) is 6.88. The lowest BCUT2D eigenvalue weighted by Gasteiger charge is -2.29. The number of carbonyl (C=O) groups excluding carboxylic acids is 4. The zero-order valence-electron chi connectivity index (χ0n) is 25.3. The number of nitrogens with two attached hydrogens (primary N) is 1. The molecule has 0 aromatic heterocycles. The van der Waals surface area contributed by atoms with Crippen molar-refractivity contribution in [3.05, 3.63) is 54.1 Å². The van der Waals surface area contributed by atoms with Gasteiger partial charge in [0.15, 0.2) is 11.5 Å². The van der Waals surface area contributed by atoms with Crippen LogP contribution in [0.2, 0.25) is 0 Å². The number of hydrogen-bond donors (Lipinski definition) is 1. The molecule has 3 unspecified atom stereocenters. The smallest absolute Gasteiger partial charge is 0.468 e. The van der Waals surface area contributed by atoms with Crippen LogP contribution in [-0.4, -0.2) is 42.8 Å². The first-order chi connectivity index (χ1) is 19.9. The standard InChI is InChI=1S/C32H43NO9/c1-7-21(3)16-28(34)41-26-15-14-24(18-27(26)42-29(35)17-22(4)8-2)20-32(33,30(36)38-6)19-23(5)39-31(37)40-25-12-10-9-11-13-25/h9-15,18,21-23H,7-8,16-17,19-20,33H2,1-6H3/t21?,22?,23?,32-/m1/s1. The van der Waals surface area contributed by atoms with Crippen LogP contribution < -0.4 is 19.9 Å². The van der Waals surface area contributed by atoms with Gasteiger partial charge in [0.2, 0.25) is 0 Å². The van der Waals surface area contributed by atoms with Crippen LogP contribution >= 0.6 is 0 Å². The van der Waals surface area contributed by atoms with E-state index in [2.05, 4.69) is 0 Å². The van der Waals surface area contributed by atoms with Crippen molar-refractivity contribution in [2.75, 3.05) is 7.11 Å². The van der Waals surface area contributed by atoms with E-state index in [4.69, 9.17) is 29.4 Å². The monoisotopic (exact) mass is 585 g/mol. The van der Waals surface area contributed by atoms with E-state index in [1.807, 2.05) is 27.7 Å². The van der Waals surface area contributed by atoms with E-state index in [-0.39, 0.29) is 49.0 Å². The molecule has 0 fully saturated rings. The first kappa shape index (κ1) is 34.3. The third-order valence-corrected chi connectivity index (χ3v) is 6.88. The predicted octanol–water partition coefficient (Wildman–Crippen LogP) is 5.78. The average Bonchev–Trinajstić information content (AvgIpc) is 2.93. The highest BCUT2D eigenvalue weighted by molar-refractivity contribution is 5.81. The van der Waals surface area contributed by atoms with Crippen LogP contribution in [0, 0.1) is 11.8 Å². The summed E-state index contributed by atoms with van der Waals surface area (Å²) in [5, 5.41) is 0. The Morgan fingerprint density at radius 2 is 1.38 bits per heavy atom. The number of benzene rings is 2. The van der Waals surface area contributed by atoms with Gasteiger partial charge in [0.05, 0.1) is 7.11 Å². The van der Waals surface area contributed by atoms with Crippen molar-refractivity contribution in [2.45, 2.75) is 84.8 Å². The number of carbonyl (C=O) groups is 4. The van der Waals surface area contributed by atoms with E-state index >= 15 is 0 Å². The second kappa shape index (κ2) is 16.5. The van der Waals surface area contributed by atoms with Gasteiger partial charge in [0.1, 0.15) is 17.4 Å². The Labute approximate surface area is 247 Å². The summed E-state index contributed by atoms with van der Waals surface area (Å²) in [6.45, 7) is 9.41. The van der Waals surface area contributed by atoms with Crippen LogP contribution in [0.3, 0.4) is 0 Å². The summed E-state index contributed by atoms with van der Waals surface area (Å²) >= 11 is 0. The number of rotatable bonds is 15. The molecule has 0 amide bonds. The van der Waals surface area contributed by atoms with Crippen LogP contribution in [-0.2, 0) is 30.3 Å². The Bertz CT molecular complexity index is 1200. The Balaban J connectivity index is 2.26. The van der Waals surface area contributed by atoms with Crippen LogP contribution in [0.5, 0.6) is 17.2 Å². The van der Waals surface area contributed by atoms with Gasteiger partial charge in [-0.15, -0.1) is 0 Å². The zero-order valence-corrected chi connectivity index (χ0v) is 25.3. The van der Waals surface area contributed by atoms with Gasteiger partial charge < -0.3 is 29.4 Å². The molecule has 42 heavy (non-hydrogen) atoms. The van der Waals surface area contributed by atoms with Crippen molar-refractivity contribution >= 4 is 24.1 Å². The summed E-state index contributed by atoms with van der Waals surface area (Å²) < 4.78 is 26.6. The maximum absolute atomic E-state index is 12.8. The van der Waals surface area contributed by atoms with Crippen molar-refractivity contribution in [3.63, 3.8) is 0 Å². The molecule has 2 aromatic carbocycles. The molecule has 2 aromatic rings. The molecule has 4 atom stereocenters. The normalized spacial score (nSPS) is 14.5. The zero-order chi connectivity index (χ0) is 31.3. The minimum atomic E-state index is -1.62. The molecule has 230 valence electrons. The maximum atomic E-state index is 12.8. The van der Waals surface area contributed by atoms with Crippen molar-refractivity contribution in [3.8, 4) is 17.2 Å². The van der Waals surface area contributed by atoms with Gasteiger partial charge in [-0.2, -0.15) is 0 Å². The van der Waals surface area contributed by atoms with Gasteiger partial charge in [-0.1, -0.05) is 64.8 Å². The highest BCUT2D eigenvalue weighted by Crippen LogP contribution is 2.32. The molecule has 10 nitrogen and oxygen atoms in total.